The molecule has 1 aliphatic heterocycles. The number of fused-ring (bicyclic) bond motifs is 1. The van der Waals surface area contributed by atoms with Crippen LogP contribution >= 0.6 is 0 Å². The fourth-order valence-corrected chi connectivity index (χ4v) is 2.51. The van der Waals surface area contributed by atoms with Crippen LogP contribution in [0.2, 0.25) is 0 Å². The normalized spacial score (nSPS) is 42.2. The van der Waals surface area contributed by atoms with E-state index in [1.165, 1.54) is 32.1 Å². The Morgan fingerprint density at radius 3 is 2.75 bits per heavy atom. The van der Waals surface area contributed by atoms with Crippen LogP contribution in [0.5, 0.6) is 0 Å². The molecule has 0 radical (unpaired) electrons. The Labute approximate surface area is 73.3 Å². The average Bonchev–Trinajstić information content (AvgIpc) is 2.17. The number of halogens is 1. The van der Waals surface area contributed by atoms with Crippen LogP contribution in [0, 0.1) is 5.92 Å². The zero-order valence-corrected chi connectivity index (χ0v) is 7.47. The predicted molar refractivity (Wildman–Crippen MR) is 45.8 cm³/mol. The minimum absolute atomic E-state index is 0.0793. The molecule has 1 nitrogen and oxygen atoms in total. The first kappa shape index (κ1) is 8.49. The van der Waals surface area contributed by atoms with Gasteiger partial charge in [-0.2, -0.15) is 0 Å². The van der Waals surface area contributed by atoms with Gasteiger partial charge in [-0.1, -0.05) is 12.8 Å². The van der Waals surface area contributed by atoms with Gasteiger partial charge < -0.3 is 4.74 Å². The molecule has 0 amide bonds. The molecular weight excluding hydrogens is 155 g/mol. The molecule has 1 aliphatic carbocycles. The molecular formula is C10H17FO. The summed E-state index contributed by atoms with van der Waals surface area (Å²) in [5, 5.41) is 0. The lowest BCUT2D eigenvalue weighted by atomic mass is 9.81. The molecule has 0 aromatic heterocycles. The Balaban J connectivity index is 1.90. The Hall–Kier alpha value is -0.110. The minimum atomic E-state index is -0.288. The second-order valence-corrected chi connectivity index (χ2v) is 4.07. The van der Waals surface area contributed by atoms with Gasteiger partial charge in [-0.15, -0.1) is 0 Å². The van der Waals surface area contributed by atoms with Crippen molar-refractivity contribution in [3.05, 3.63) is 0 Å². The first-order chi connectivity index (χ1) is 5.90. The summed E-state index contributed by atoms with van der Waals surface area (Å²) in [7, 11) is 0. The van der Waals surface area contributed by atoms with Gasteiger partial charge in [-0.05, 0) is 31.6 Å². The summed E-state index contributed by atoms with van der Waals surface area (Å²) >= 11 is 0. The van der Waals surface area contributed by atoms with E-state index >= 15 is 0 Å². The van der Waals surface area contributed by atoms with Crippen molar-refractivity contribution in [2.45, 2.75) is 50.7 Å². The van der Waals surface area contributed by atoms with Crippen LogP contribution in [-0.4, -0.2) is 18.9 Å². The Bertz CT molecular complexity index is 149. The van der Waals surface area contributed by atoms with Crippen molar-refractivity contribution in [2.75, 3.05) is 6.67 Å². The van der Waals surface area contributed by atoms with E-state index in [1.807, 2.05) is 0 Å². The minimum Gasteiger partial charge on any atom is -0.372 e. The first-order valence-electron chi connectivity index (χ1n) is 5.11. The van der Waals surface area contributed by atoms with Crippen molar-refractivity contribution in [3.8, 4) is 0 Å². The van der Waals surface area contributed by atoms with Gasteiger partial charge in [0.2, 0.25) is 0 Å². The van der Waals surface area contributed by atoms with Crippen molar-refractivity contribution in [1.29, 1.82) is 0 Å². The Kier molecular flexibility index (Phi) is 2.64. The summed E-state index contributed by atoms with van der Waals surface area (Å²) in [5.41, 5.74) is 0. The van der Waals surface area contributed by atoms with Crippen molar-refractivity contribution < 1.29 is 9.13 Å². The molecule has 0 aromatic rings. The molecule has 1 saturated heterocycles. The molecule has 2 aliphatic rings. The number of hydrogen-bond donors (Lipinski definition) is 0. The highest BCUT2D eigenvalue weighted by molar-refractivity contribution is 4.82. The third-order valence-corrected chi connectivity index (χ3v) is 3.24. The van der Waals surface area contributed by atoms with Gasteiger partial charge in [0.1, 0.15) is 6.67 Å². The molecule has 0 spiro atoms. The number of ether oxygens (including phenoxy) is 1. The fourth-order valence-electron chi connectivity index (χ4n) is 2.51. The van der Waals surface area contributed by atoms with Crippen LogP contribution in [0.25, 0.3) is 0 Å². The lowest BCUT2D eigenvalue weighted by molar-refractivity contribution is -0.105. The van der Waals surface area contributed by atoms with Gasteiger partial charge in [0.05, 0.1) is 12.2 Å². The fraction of sp³-hybridized carbons (Fsp3) is 1.00. The average molecular weight is 172 g/mol. The summed E-state index contributed by atoms with van der Waals surface area (Å²) in [6.07, 6.45) is 7.56. The first-order valence-corrected chi connectivity index (χ1v) is 5.11. The molecule has 1 saturated carbocycles. The number of hydrogen-bond acceptors (Lipinski definition) is 1. The molecule has 2 rings (SSSR count). The van der Waals surface area contributed by atoms with Gasteiger partial charge in [0.15, 0.2) is 0 Å². The van der Waals surface area contributed by atoms with Crippen LogP contribution in [0.3, 0.4) is 0 Å². The molecule has 3 atom stereocenters. The highest BCUT2D eigenvalue weighted by Crippen LogP contribution is 2.35. The van der Waals surface area contributed by atoms with E-state index in [4.69, 9.17) is 4.74 Å². The summed E-state index contributed by atoms with van der Waals surface area (Å²) in [6.45, 7) is -0.288. The summed E-state index contributed by atoms with van der Waals surface area (Å²) in [5.74, 6) is 0.751. The monoisotopic (exact) mass is 172 g/mol. The molecule has 0 bridgehead atoms. The maximum absolute atomic E-state index is 12.3. The smallest absolute Gasteiger partial charge is 0.116 e. The SMILES string of the molecule is FCC1CCC2CCCCC2O1. The standard InChI is InChI=1S/C10H17FO/c11-7-9-6-5-8-3-1-2-4-10(8)12-9/h8-10H,1-7H2. The van der Waals surface area contributed by atoms with Crippen molar-refractivity contribution in [3.63, 3.8) is 0 Å². The molecule has 2 heteroatoms. The Morgan fingerprint density at radius 2 is 1.92 bits per heavy atom. The van der Waals surface area contributed by atoms with E-state index in [0.717, 1.165) is 12.3 Å². The molecule has 70 valence electrons. The van der Waals surface area contributed by atoms with E-state index in [9.17, 15) is 4.39 Å². The topological polar surface area (TPSA) is 9.23 Å². The summed E-state index contributed by atoms with van der Waals surface area (Å²) in [6, 6.07) is 0. The quantitative estimate of drug-likeness (QED) is 0.591. The maximum Gasteiger partial charge on any atom is 0.116 e. The zero-order chi connectivity index (χ0) is 8.39. The lowest BCUT2D eigenvalue weighted by Crippen LogP contribution is -2.37. The van der Waals surface area contributed by atoms with Gasteiger partial charge >= 0.3 is 0 Å². The van der Waals surface area contributed by atoms with Crippen LogP contribution in [0.1, 0.15) is 38.5 Å². The largest absolute Gasteiger partial charge is 0.372 e. The molecule has 0 aromatic carbocycles. The van der Waals surface area contributed by atoms with Crippen LogP contribution < -0.4 is 0 Å². The van der Waals surface area contributed by atoms with E-state index < -0.39 is 0 Å². The molecule has 1 heterocycles. The van der Waals surface area contributed by atoms with Gasteiger partial charge in [0.25, 0.3) is 0 Å². The van der Waals surface area contributed by atoms with Gasteiger partial charge in [-0.3, -0.25) is 0 Å². The third kappa shape index (κ3) is 1.63. The zero-order valence-electron chi connectivity index (χ0n) is 7.47. The molecule has 12 heavy (non-hydrogen) atoms. The van der Waals surface area contributed by atoms with E-state index in [-0.39, 0.29) is 12.8 Å². The van der Waals surface area contributed by atoms with Crippen molar-refractivity contribution in [1.82, 2.24) is 0 Å². The highest BCUT2D eigenvalue weighted by atomic mass is 19.1. The summed E-state index contributed by atoms with van der Waals surface area (Å²) < 4.78 is 18.0. The highest BCUT2D eigenvalue weighted by Gasteiger charge is 2.32. The van der Waals surface area contributed by atoms with Crippen LogP contribution in [-0.2, 0) is 4.74 Å². The van der Waals surface area contributed by atoms with E-state index in [2.05, 4.69) is 0 Å². The number of alkyl halides is 1. The maximum atomic E-state index is 12.3. The van der Waals surface area contributed by atoms with Crippen LogP contribution in [0.15, 0.2) is 0 Å². The van der Waals surface area contributed by atoms with Gasteiger partial charge in [0, 0.05) is 0 Å². The summed E-state index contributed by atoms with van der Waals surface area (Å²) in [4.78, 5) is 0. The third-order valence-electron chi connectivity index (χ3n) is 3.24. The lowest BCUT2D eigenvalue weighted by Gasteiger charge is -2.38. The van der Waals surface area contributed by atoms with E-state index in [0.29, 0.717) is 6.10 Å². The second kappa shape index (κ2) is 3.73. The molecule has 0 N–H and O–H groups in total. The predicted octanol–water partition coefficient (Wildman–Crippen LogP) is 2.69. The van der Waals surface area contributed by atoms with Crippen molar-refractivity contribution in [2.24, 2.45) is 5.92 Å². The van der Waals surface area contributed by atoms with Gasteiger partial charge in [-0.25, -0.2) is 4.39 Å². The Morgan fingerprint density at radius 1 is 1.08 bits per heavy atom. The molecule has 3 unspecified atom stereocenters. The van der Waals surface area contributed by atoms with E-state index in [1.54, 1.807) is 0 Å². The van der Waals surface area contributed by atoms with Crippen LogP contribution in [0.4, 0.5) is 4.39 Å². The second-order valence-electron chi connectivity index (χ2n) is 4.07. The van der Waals surface area contributed by atoms with Crippen molar-refractivity contribution >= 4 is 0 Å². The number of rotatable bonds is 1. The molecule has 2 fully saturated rings.